The minimum Gasteiger partial charge on any atom is -0.335 e. The second-order valence-corrected chi connectivity index (χ2v) is 6.20. The van der Waals surface area contributed by atoms with Crippen LogP contribution in [0, 0.1) is 5.82 Å². The topological polar surface area (TPSA) is 70.2 Å². The van der Waals surface area contributed by atoms with Crippen LogP contribution >= 0.6 is 0 Å². The number of halogens is 1. The Balaban J connectivity index is 1.56. The van der Waals surface area contributed by atoms with Crippen LogP contribution in [-0.4, -0.2) is 18.0 Å². The van der Waals surface area contributed by atoms with E-state index in [9.17, 15) is 14.0 Å². The first kappa shape index (κ1) is 17.0. The van der Waals surface area contributed by atoms with Gasteiger partial charge >= 0.3 is 6.03 Å². The van der Waals surface area contributed by atoms with E-state index in [1.54, 1.807) is 12.1 Å². The molecule has 0 heterocycles. The van der Waals surface area contributed by atoms with Crippen molar-refractivity contribution in [1.82, 2.24) is 10.6 Å². The first-order valence-corrected chi connectivity index (χ1v) is 8.25. The Kier molecular flexibility index (Phi) is 4.97. The third-order valence-corrected chi connectivity index (χ3v) is 4.04. The third-order valence-electron chi connectivity index (χ3n) is 4.04. The summed E-state index contributed by atoms with van der Waals surface area (Å²) in [6.07, 6.45) is 2.09. The van der Waals surface area contributed by atoms with Crippen molar-refractivity contribution in [1.29, 1.82) is 0 Å². The highest BCUT2D eigenvalue weighted by Crippen LogP contribution is 2.20. The van der Waals surface area contributed by atoms with E-state index in [-0.39, 0.29) is 23.8 Å². The maximum Gasteiger partial charge on any atom is 0.315 e. The van der Waals surface area contributed by atoms with Gasteiger partial charge in [0.25, 0.3) is 5.91 Å². The van der Waals surface area contributed by atoms with E-state index in [0.29, 0.717) is 17.3 Å². The van der Waals surface area contributed by atoms with Crippen molar-refractivity contribution >= 4 is 17.6 Å². The Hall–Kier alpha value is -2.89. The van der Waals surface area contributed by atoms with Gasteiger partial charge in [0.05, 0.1) is 6.04 Å². The number of hydrogen-bond acceptors (Lipinski definition) is 2. The van der Waals surface area contributed by atoms with Crippen molar-refractivity contribution in [3.8, 4) is 0 Å². The molecule has 130 valence electrons. The molecule has 25 heavy (non-hydrogen) atoms. The van der Waals surface area contributed by atoms with Gasteiger partial charge in [0, 0.05) is 17.3 Å². The Bertz CT molecular complexity index is 755. The minimum atomic E-state index is -0.381. The molecule has 1 aliphatic carbocycles. The zero-order valence-corrected chi connectivity index (χ0v) is 13.9. The minimum absolute atomic E-state index is 0.138. The number of hydrogen-bond donors (Lipinski definition) is 3. The van der Waals surface area contributed by atoms with E-state index in [4.69, 9.17) is 0 Å². The number of nitrogens with one attached hydrogen (secondary N) is 3. The van der Waals surface area contributed by atoms with Crippen LogP contribution in [0.3, 0.4) is 0 Å². The van der Waals surface area contributed by atoms with Crippen molar-refractivity contribution < 1.29 is 14.0 Å². The Morgan fingerprint density at radius 3 is 2.28 bits per heavy atom. The zero-order chi connectivity index (χ0) is 17.8. The van der Waals surface area contributed by atoms with E-state index in [2.05, 4.69) is 16.0 Å². The maximum atomic E-state index is 12.9. The molecule has 0 radical (unpaired) electrons. The van der Waals surface area contributed by atoms with Gasteiger partial charge < -0.3 is 16.0 Å². The van der Waals surface area contributed by atoms with Gasteiger partial charge in [-0.25, -0.2) is 9.18 Å². The molecule has 0 unspecified atom stereocenters. The SMILES string of the molecule is C[C@@H](NC(=O)NC1CC1)c1ccc(NC(=O)c2ccc(F)cc2)cc1. The van der Waals surface area contributed by atoms with E-state index in [0.717, 1.165) is 18.4 Å². The third kappa shape index (κ3) is 4.79. The van der Waals surface area contributed by atoms with Crippen molar-refractivity contribution in [3.63, 3.8) is 0 Å². The summed E-state index contributed by atoms with van der Waals surface area (Å²) in [6, 6.07) is 12.6. The molecule has 0 spiro atoms. The molecule has 2 aromatic rings. The molecule has 0 aromatic heterocycles. The standard InChI is InChI=1S/C19H20FN3O2/c1-12(21-19(25)23-17-10-11-17)13-4-8-16(9-5-13)22-18(24)14-2-6-15(20)7-3-14/h2-9,12,17H,10-11H2,1H3,(H,22,24)(H2,21,23,25)/t12-/m1/s1. The van der Waals surface area contributed by atoms with E-state index < -0.39 is 0 Å². The average molecular weight is 341 g/mol. The molecule has 0 bridgehead atoms. The molecule has 1 saturated carbocycles. The lowest BCUT2D eigenvalue weighted by Crippen LogP contribution is -2.38. The molecule has 3 amide bonds. The smallest absolute Gasteiger partial charge is 0.315 e. The number of rotatable bonds is 5. The van der Waals surface area contributed by atoms with Crippen molar-refractivity contribution in [3.05, 3.63) is 65.5 Å². The zero-order valence-electron chi connectivity index (χ0n) is 13.9. The lowest BCUT2D eigenvalue weighted by atomic mass is 10.1. The van der Waals surface area contributed by atoms with E-state index >= 15 is 0 Å². The van der Waals surface area contributed by atoms with Crippen LogP contribution in [0.15, 0.2) is 48.5 Å². The number of benzene rings is 2. The second-order valence-electron chi connectivity index (χ2n) is 6.20. The molecule has 6 heteroatoms. The molecule has 3 rings (SSSR count). The number of anilines is 1. The second kappa shape index (κ2) is 7.34. The predicted octanol–water partition coefficient (Wildman–Crippen LogP) is 3.60. The Labute approximate surface area is 145 Å². The lowest BCUT2D eigenvalue weighted by Gasteiger charge is -2.15. The molecule has 1 fully saturated rings. The molecule has 0 aliphatic heterocycles. The van der Waals surface area contributed by atoms with Gasteiger partial charge in [-0.3, -0.25) is 4.79 Å². The van der Waals surface area contributed by atoms with Crippen LogP contribution in [0.4, 0.5) is 14.9 Å². The van der Waals surface area contributed by atoms with Gasteiger partial charge in [0.2, 0.25) is 0 Å². The van der Waals surface area contributed by atoms with Crippen LogP contribution in [0.25, 0.3) is 0 Å². The number of carbonyl (C=O) groups excluding carboxylic acids is 2. The highest BCUT2D eigenvalue weighted by atomic mass is 19.1. The maximum absolute atomic E-state index is 12.9. The van der Waals surface area contributed by atoms with Gasteiger partial charge in [0.15, 0.2) is 0 Å². The van der Waals surface area contributed by atoms with Gasteiger partial charge in [-0.1, -0.05) is 12.1 Å². The quantitative estimate of drug-likeness (QED) is 0.778. The van der Waals surface area contributed by atoms with Gasteiger partial charge in [0.1, 0.15) is 5.82 Å². The fourth-order valence-corrected chi connectivity index (χ4v) is 2.39. The summed E-state index contributed by atoms with van der Waals surface area (Å²) in [5, 5.41) is 8.52. The van der Waals surface area contributed by atoms with Crippen molar-refractivity contribution in [2.24, 2.45) is 0 Å². The first-order chi connectivity index (χ1) is 12.0. The molecule has 0 saturated heterocycles. The number of urea groups is 1. The predicted molar refractivity (Wildman–Crippen MR) is 93.9 cm³/mol. The molecular formula is C19H20FN3O2. The van der Waals surface area contributed by atoms with Crippen LogP contribution < -0.4 is 16.0 Å². The highest BCUT2D eigenvalue weighted by molar-refractivity contribution is 6.04. The Morgan fingerprint density at radius 1 is 1.04 bits per heavy atom. The van der Waals surface area contributed by atoms with Crippen LogP contribution in [0.5, 0.6) is 0 Å². The van der Waals surface area contributed by atoms with Crippen LogP contribution in [0.2, 0.25) is 0 Å². The summed E-state index contributed by atoms with van der Waals surface area (Å²) < 4.78 is 12.9. The normalized spacial score (nSPS) is 14.5. The molecule has 5 nitrogen and oxygen atoms in total. The number of amides is 3. The first-order valence-electron chi connectivity index (χ1n) is 8.25. The summed E-state index contributed by atoms with van der Waals surface area (Å²) in [5.74, 6) is -0.684. The molecule has 1 atom stereocenters. The fraction of sp³-hybridized carbons (Fsp3) is 0.263. The fourth-order valence-electron chi connectivity index (χ4n) is 2.39. The molecule has 2 aromatic carbocycles. The molecule has 3 N–H and O–H groups in total. The lowest BCUT2D eigenvalue weighted by molar-refractivity contribution is 0.102. The highest BCUT2D eigenvalue weighted by Gasteiger charge is 2.23. The summed E-state index contributed by atoms with van der Waals surface area (Å²) in [7, 11) is 0. The summed E-state index contributed by atoms with van der Waals surface area (Å²) in [5.41, 5.74) is 1.95. The molecular weight excluding hydrogens is 321 g/mol. The van der Waals surface area contributed by atoms with Crippen molar-refractivity contribution in [2.45, 2.75) is 31.8 Å². The van der Waals surface area contributed by atoms with Gasteiger partial charge in [-0.15, -0.1) is 0 Å². The number of carbonyl (C=O) groups is 2. The Morgan fingerprint density at radius 2 is 1.68 bits per heavy atom. The average Bonchev–Trinajstić information content (AvgIpc) is 3.39. The van der Waals surface area contributed by atoms with Crippen LogP contribution in [-0.2, 0) is 0 Å². The summed E-state index contributed by atoms with van der Waals surface area (Å²) in [4.78, 5) is 23.9. The van der Waals surface area contributed by atoms with E-state index in [1.165, 1.54) is 24.3 Å². The summed E-state index contributed by atoms with van der Waals surface area (Å²) in [6.45, 7) is 1.90. The largest absolute Gasteiger partial charge is 0.335 e. The van der Waals surface area contributed by atoms with Crippen molar-refractivity contribution in [2.75, 3.05) is 5.32 Å². The molecule has 1 aliphatic rings. The van der Waals surface area contributed by atoms with E-state index in [1.807, 2.05) is 19.1 Å². The van der Waals surface area contributed by atoms with Crippen LogP contribution in [0.1, 0.15) is 41.7 Å². The monoisotopic (exact) mass is 341 g/mol. The summed E-state index contributed by atoms with van der Waals surface area (Å²) >= 11 is 0. The van der Waals surface area contributed by atoms with Gasteiger partial charge in [-0.05, 0) is 61.7 Å². The van der Waals surface area contributed by atoms with Gasteiger partial charge in [-0.2, -0.15) is 0 Å².